The van der Waals surface area contributed by atoms with Crippen molar-refractivity contribution in [3.63, 3.8) is 0 Å². The minimum absolute atomic E-state index is 0.0181. The van der Waals surface area contributed by atoms with Gasteiger partial charge in [0.05, 0.1) is 25.9 Å². The largest absolute Gasteiger partial charge is 0.394 e. The predicted octanol–water partition coefficient (Wildman–Crippen LogP) is 6.62. The van der Waals surface area contributed by atoms with Gasteiger partial charge >= 0.3 is 13.3 Å². The molecule has 0 aliphatic heterocycles. The molecule has 1 heterocycles. The van der Waals surface area contributed by atoms with E-state index >= 15 is 0 Å². The van der Waals surface area contributed by atoms with Crippen molar-refractivity contribution in [2.75, 3.05) is 36.8 Å². The SMILES string of the molecule is CCCCCCCCCCCCCCCCSSCCCOP(=O)(O)CO[C@H](CO)Cn1ccc(N)nc1=O. The smallest absolute Gasteiger partial charge is 0.353 e. The third kappa shape index (κ3) is 20.9. The molecule has 12 heteroatoms. The summed E-state index contributed by atoms with van der Waals surface area (Å²) in [7, 11) is -0.330. The number of hydrogen-bond donors (Lipinski definition) is 3. The lowest BCUT2D eigenvalue weighted by Gasteiger charge is -2.19. The Hall–Kier alpha value is -0.550. The van der Waals surface area contributed by atoms with Gasteiger partial charge in [-0.2, -0.15) is 4.98 Å². The Kier molecular flexibility index (Phi) is 22.5. The molecule has 0 aliphatic rings. The molecule has 0 aliphatic carbocycles. The summed E-state index contributed by atoms with van der Waals surface area (Å²) in [6.45, 7) is 1.99. The summed E-state index contributed by atoms with van der Waals surface area (Å²) in [4.78, 5) is 25.4. The number of anilines is 1. The topological polar surface area (TPSA) is 137 Å². The molecule has 0 radical (unpaired) electrons. The van der Waals surface area contributed by atoms with Gasteiger partial charge in [0.1, 0.15) is 12.2 Å². The number of ether oxygens (including phenoxy) is 1. The molecule has 9 nitrogen and oxygen atoms in total. The van der Waals surface area contributed by atoms with Crippen LogP contribution in [0.2, 0.25) is 0 Å². The Morgan fingerprint density at radius 1 is 0.949 bits per heavy atom. The summed E-state index contributed by atoms with van der Waals surface area (Å²) in [5.74, 6) is 2.07. The van der Waals surface area contributed by atoms with Crippen molar-refractivity contribution < 1.29 is 23.8 Å². The van der Waals surface area contributed by atoms with E-state index < -0.39 is 32.3 Å². The summed E-state index contributed by atoms with van der Waals surface area (Å²) in [5.41, 5.74) is 4.87. The Balaban J connectivity index is 1.92. The van der Waals surface area contributed by atoms with Crippen LogP contribution >= 0.6 is 29.2 Å². The molecule has 2 atom stereocenters. The second-order valence-electron chi connectivity index (χ2n) is 9.95. The monoisotopic (exact) mass is 609 g/mol. The normalized spacial score (nSPS) is 13.9. The zero-order valence-electron chi connectivity index (χ0n) is 23.8. The number of aromatic nitrogens is 2. The molecule has 1 aromatic rings. The molecule has 0 bridgehead atoms. The van der Waals surface area contributed by atoms with Crippen molar-refractivity contribution in [1.82, 2.24) is 9.55 Å². The van der Waals surface area contributed by atoms with Crippen LogP contribution in [0.5, 0.6) is 0 Å². The van der Waals surface area contributed by atoms with E-state index in [4.69, 9.17) is 15.0 Å². The highest BCUT2D eigenvalue weighted by Gasteiger charge is 2.22. The Bertz CT molecular complexity index is 833. The van der Waals surface area contributed by atoms with E-state index in [1.165, 1.54) is 107 Å². The van der Waals surface area contributed by atoms with Crippen molar-refractivity contribution in [3.05, 3.63) is 22.7 Å². The van der Waals surface area contributed by atoms with Crippen LogP contribution in [0.25, 0.3) is 0 Å². The second-order valence-corrected chi connectivity index (χ2v) is 14.4. The highest BCUT2D eigenvalue weighted by atomic mass is 33.1. The van der Waals surface area contributed by atoms with Gasteiger partial charge in [-0.3, -0.25) is 9.13 Å². The maximum Gasteiger partial charge on any atom is 0.353 e. The number of aliphatic hydroxyl groups is 1. The Morgan fingerprint density at radius 3 is 2.03 bits per heavy atom. The first kappa shape index (κ1) is 36.5. The third-order valence-corrected chi connectivity index (χ3v) is 9.94. The summed E-state index contributed by atoms with van der Waals surface area (Å²) >= 11 is 0. The zero-order chi connectivity index (χ0) is 28.6. The van der Waals surface area contributed by atoms with Crippen molar-refractivity contribution in [3.8, 4) is 0 Å². The fraction of sp³-hybridized carbons (Fsp3) is 0.852. The molecule has 0 aromatic carbocycles. The average molecular weight is 610 g/mol. The van der Waals surface area contributed by atoms with Crippen LogP contribution in [0, 0.1) is 0 Å². The molecule has 1 rings (SSSR count). The number of nitrogens with two attached hydrogens (primary N) is 1. The highest BCUT2D eigenvalue weighted by Crippen LogP contribution is 2.42. The van der Waals surface area contributed by atoms with Crippen molar-refractivity contribution in [2.45, 2.75) is 116 Å². The maximum absolute atomic E-state index is 12.2. The Labute approximate surface area is 243 Å². The van der Waals surface area contributed by atoms with Gasteiger partial charge in [0.2, 0.25) is 0 Å². The molecule has 0 saturated heterocycles. The molecule has 1 unspecified atom stereocenters. The van der Waals surface area contributed by atoms with Crippen LogP contribution in [0.4, 0.5) is 5.82 Å². The fourth-order valence-corrected chi connectivity index (χ4v) is 7.09. The highest BCUT2D eigenvalue weighted by molar-refractivity contribution is 8.76. The summed E-state index contributed by atoms with van der Waals surface area (Å²) in [6, 6.07) is 1.45. The van der Waals surface area contributed by atoms with E-state index in [0.717, 1.165) is 11.5 Å². The number of unbranched alkanes of at least 4 members (excludes halogenated alkanes) is 13. The van der Waals surface area contributed by atoms with Crippen molar-refractivity contribution >= 4 is 35.0 Å². The lowest BCUT2D eigenvalue weighted by Crippen LogP contribution is -2.32. The molecular weight excluding hydrogens is 557 g/mol. The first-order valence-corrected chi connectivity index (χ1v) is 18.9. The predicted molar refractivity (Wildman–Crippen MR) is 165 cm³/mol. The van der Waals surface area contributed by atoms with E-state index in [1.54, 1.807) is 10.8 Å². The van der Waals surface area contributed by atoms with Crippen molar-refractivity contribution in [2.24, 2.45) is 0 Å². The quantitative estimate of drug-likeness (QED) is 0.0567. The van der Waals surface area contributed by atoms with Gasteiger partial charge in [0, 0.05) is 17.7 Å². The van der Waals surface area contributed by atoms with E-state index in [0.29, 0.717) is 6.42 Å². The van der Waals surface area contributed by atoms with Crippen LogP contribution in [-0.4, -0.2) is 56.7 Å². The number of nitrogens with zero attached hydrogens (tertiary/aromatic N) is 2. The molecule has 0 spiro atoms. The molecule has 228 valence electrons. The van der Waals surface area contributed by atoms with Crippen LogP contribution in [0.3, 0.4) is 0 Å². The third-order valence-electron chi connectivity index (χ3n) is 6.30. The fourth-order valence-electron chi connectivity index (χ4n) is 4.00. The number of hydrogen-bond acceptors (Lipinski definition) is 9. The maximum atomic E-state index is 12.2. The van der Waals surface area contributed by atoms with E-state index in [1.807, 2.05) is 10.8 Å². The van der Waals surface area contributed by atoms with Crippen LogP contribution in [0.15, 0.2) is 17.1 Å². The molecule has 0 saturated carbocycles. The molecule has 39 heavy (non-hydrogen) atoms. The second kappa shape index (κ2) is 24.1. The zero-order valence-corrected chi connectivity index (χ0v) is 26.4. The lowest BCUT2D eigenvalue weighted by molar-refractivity contribution is 0.0168. The molecule has 0 amide bonds. The number of aliphatic hydroxyl groups excluding tert-OH is 1. The summed E-state index contributed by atoms with van der Waals surface area (Å²) < 4.78 is 23.9. The van der Waals surface area contributed by atoms with Gasteiger partial charge in [-0.15, -0.1) is 0 Å². The number of nitrogen functional groups attached to an aromatic ring is 1. The molecule has 1 aromatic heterocycles. The standard InChI is InChI=1S/C27H52N3O6PS2/c1-2-3-4-5-6-7-8-9-10-11-12-13-14-15-20-38-39-21-16-19-36-37(33,34)24-35-25(23-31)22-30-18-17-26(28)29-27(30)32/h17-18,25,31H,2-16,19-24H2,1H3,(H,33,34)(H2,28,29,32)/t25-/m0/s1. The minimum atomic E-state index is -3.95. The first-order chi connectivity index (χ1) is 18.9. The van der Waals surface area contributed by atoms with E-state index in [9.17, 15) is 19.4 Å². The molecular formula is C27H52N3O6PS2. The average Bonchev–Trinajstić information content (AvgIpc) is 2.91. The number of rotatable bonds is 27. The first-order valence-electron chi connectivity index (χ1n) is 14.6. The van der Waals surface area contributed by atoms with Crippen LogP contribution in [-0.2, 0) is 20.4 Å². The summed E-state index contributed by atoms with van der Waals surface area (Å²) in [6.07, 6.45) is 19.9. The van der Waals surface area contributed by atoms with Gasteiger partial charge in [-0.25, -0.2) is 4.79 Å². The van der Waals surface area contributed by atoms with Gasteiger partial charge in [-0.05, 0) is 18.9 Å². The lowest BCUT2D eigenvalue weighted by atomic mass is 10.0. The molecule has 0 fully saturated rings. The van der Waals surface area contributed by atoms with Gasteiger partial charge in [-0.1, -0.05) is 112 Å². The van der Waals surface area contributed by atoms with E-state index in [-0.39, 0.29) is 19.0 Å². The van der Waals surface area contributed by atoms with Crippen molar-refractivity contribution in [1.29, 1.82) is 0 Å². The van der Waals surface area contributed by atoms with Gasteiger partial charge < -0.3 is 25.0 Å². The minimum Gasteiger partial charge on any atom is -0.394 e. The van der Waals surface area contributed by atoms with E-state index in [2.05, 4.69) is 11.9 Å². The van der Waals surface area contributed by atoms with Crippen LogP contribution < -0.4 is 11.4 Å². The summed E-state index contributed by atoms with van der Waals surface area (Å²) in [5, 5.41) is 9.48. The van der Waals surface area contributed by atoms with Crippen LogP contribution in [0.1, 0.15) is 103 Å². The Morgan fingerprint density at radius 2 is 1.49 bits per heavy atom. The molecule has 4 N–H and O–H groups in total. The van der Waals surface area contributed by atoms with Gasteiger partial charge in [0.15, 0.2) is 0 Å². The van der Waals surface area contributed by atoms with Gasteiger partial charge in [0.25, 0.3) is 0 Å².